The number of aromatic nitrogens is 3. The Labute approximate surface area is 116 Å². The van der Waals surface area contributed by atoms with Gasteiger partial charge in [0.25, 0.3) is 0 Å². The summed E-state index contributed by atoms with van der Waals surface area (Å²) in [6.45, 7) is 1.94. The first-order valence-corrected chi connectivity index (χ1v) is 6.26. The summed E-state index contributed by atoms with van der Waals surface area (Å²) >= 11 is 0. The molecule has 0 amide bonds. The number of hydrogen-bond donors (Lipinski definition) is 1. The molecule has 98 valence electrons. The number of hydrogen-bond acceptors (Lipinski definition) is 4. The Balaban J connectivity index is 2.33. The molecule has 2 heterocycles. The number of nitrogens with two attached hydrogens (primary N) is 1. The Morgan fingerprint density at radius 2 is 2.15 bits per heavy atom. The second-order valence-corrected chi connectivity index (χ2v) is 4.61. The molecule has 5 nitrogen and oxygen atoms in total. The minimum Gasteiger partial charge on any atom is -0.396 e. The lowest BCUT2D eigenvalue weighted by Gasteiger charge is -2.10. The number of rotatable bonds is 2. The van der Waals surface area contributed by atoms with Crippen LogP contribution in [0.25, 0.3) is 16.9 Å². The number of benzene rings is 1. The maximum atomic E-state index is 8.97. The van der Waals surface area contributed by atoms with Crippen LogP contribution in [0.4, 0.5) is 5.69 Å². The summed E-state index contributed by atoms with van der Waals surface area (Å²) < 4.78 is 1.85. The summed E-state index contributed by atoms with van der Waals surface area (Å²) in [5.74, 6) is 1.27. The highest BCUT2D eigenvalue weighted by molar-refractivity contribution is 5.79. The van der Waals surface area contributed by atoms with Gasteiger partial charge in [-0.2, -0.15) is 5.26 Å². The van der Waals surface area contributed by atoms with Crippen molar-refractivity contribution in [2.75, 3.05) is 5.73 Å². The zero-order valence-electron chi connectivity index (χ0n) is 11.0. The molecule has 0 saturated carbocycles. The van der Waals surface area contributed by atoms with E-state index in [1.54, 1.807) is 6.20 Å². The summed E-state index contributed by atoms with van der Waals surface area (Å²) in [6.07, 6.45) is 1.97. The summed E-state index contributed by atoms with van der Waals surface area (Å²) in [5.41, 5.74) is 9.38. The molecule has 0 radical (unpaired) electrons. The molecule has 0 unspecified atom stereocenters. The van der Waals surface area contributed by atoms with E-state index in [-0.39, 0.29) is 6.42 Å². The molecule has 3 aromatic rings. The molecular formula is C15H13N5. The second kappa shape index (κ2) is 4.67. The fourth-order valence-electron chi connectivity index (χ4n) is 2.27. The van der Waals surface area contributed by atoms with Gasteiger partial charge in [0, 0.05) is 6.20 Å². The quantitative estimate of drug-likeness (QED) is 0.769. The van der Waals surface area contributed by atoms with Crippen molar-refractivity contribution >= 4 is 16.7 Å². The second-order valence-electron chi connectivity index (χ2n) is 4.61. The molecular weight excluding hydrogens is 250 g/mol. The van der Waals surface area contributed by atoms with E-state index in [2.05, 4.69) is 16.0 Å². The topological polar surface area (TPSA) is 80.5 Å². The molecule has 0 spiro atoms. The molecule has 0 saturated heterocycles. The Kier molecular flexibility index (Phi) is 2.84. The summed E-state index contributed by atoms with van der Waals surface area (Å²) in [5, 5.41) is 8.97. The lowest BCUT2D eigenvalue weighted by atomic mass is 10.2. The minimum absolute atomic E-state index is 0.212. The average molecular weight is 263 g/mol. The predicted octanol–water partition coefficient (Wildman–Crippen LogP) is 2.38. The first-order valence-electron chi connectivity index (χ1n) is 6.26. The van der Waals surface area contributed by atoms with Crippen LogP contribution in [-0.4, -0.2) is 14.5 Å². The van der Waals surface area contributed by atoms with E-state index in [1.807, 2.05) is 41.8 Å². The average Bonchev–Trinajstić information content (AvgIpc) is 2.78. The van der Waals surface area contributed by atoms with Gasteiger partial charge in [0.15, 0.2) is 5.82 Å². The molecule has 0 aliphatic heterocycles. The third-order valence-corrected chi connectivity index (χ3v) is 3.11. The van der Waals surface area contributed by atoms with Gasteiger partial charge in [-0.15, -0.1) is 0 Å². The van der Waals surface area contributed by atoms with Gasteiger partial charge in [-0.3, -0.25) is 4.57 Å². The van der Waals surface area contributed by atoms with Gasteiger partial charge in [0.2, 0.25) is 0 Å². The molecule has 5 heteroatoms. The number of nitrogens with zero attached hydrogens (tertiary/aromatic N) is 4. The number of nitrogen functional groups attached to an aromatic ring is 1. The number of para-hydroxylation sites is 2. The molecule has 2 aromatic heterocycles. The van der Waals surface area contributed by atoms with Crippen molar-refractivity contribution in [1.29, 1.82) is 5.26 Å². The molecule has 0 atom stereocenters. The van der Waals surface area contributed by atoms with Crippen LogP contribution in [0.2, 0.25) is 0 Å². The van der Waals surface area contributed by atoms with Crippen LogP contribution in [-0.2, 0) is 6.42 Å². The highest BCUT2D eigenvalue weighted by atomic mass is 15.1. The van der Waals surface area contributed by atoms with E-state index in [4.69, 9.17) is 11.0 Å². The lowest BCUT2D eigenvalue weighted by Crippen LogP contribution is -2.06. The van der Waals surface area contributed by atoms with Crippen molar-refractivity contribution < 1.29 is 0 Å². The Morgan fingerprint density at radius 3 is 2.90 bits per heavy atom. The van der Waals surface area contributed by atoms with Gasteiger partial charge < -0.3 is 5.73 Å². The summed E-state index contributed by atoms with van der Waals surface area (Å²) in [6, 6.07) is 11.7. The van der Waals surface area contributed by atoms with Gasteiger partial charge in [-0.25, -0.2) is 9.97 Å². The number of imidazole rings is 1. The van der Waals surface area contributed by atoms with Crippen molar-refractivity contribution in [3.8, 4) is 11.9 Å². The molecule has 0 aliphatic carbocycles. The number of nitriles is 1. The van der Waals surface area contributed by atoms with Crippen LogP contribution >= 0.6 is 0 Å². The van der Waals surface area contributed by atoms with E-state index < -0.39 is 0 Å². The number of aryl methyl sites for hydroxylation is 1. The van der Waals surface area contributed by atoms with Crippen molar-refractivity contribution in [3.63, 3.8) is 0 Å². The lowest BCUT2D eigenvalue weighted by molar-refractivity contribution is 0.922. The van der Waals surface area contributed by atoms with Crippen LogP contribution in [0.3, 0.4) is 0 Å². The van der Waals surface area contributed by atoms with Crippen LogP contribution in [0, 0.1) is 18.3 Å². The predicted molar refractivity (Wildman–Crippen MR) is 77.3 cm³/mol. The largest absolute Gasteiger partial charge is 0.396 e. The fraction of sp³-hybridized carbons (Fsp3) is 0.133. The van der Waals surface area contributed by atoms with Crippen LogP contribution < -0.4 is 5.73 Å². The summed E-state index contributed by atoms with van der Waals surface area (Å²) in [7, 11) is 0. The summed E-state index contributed by atoms with van der Waals surface area (Å²) in [4.78, 5) is 8.89. The minimum atomic E-state index is 0.212. The molecule has 20 heavy (non-hydrogen) atoms. The fourth-order valence-corrected chi connectivity index (χ4v) is 2.27. The van der Waals surface area contributed by atoms with Gasteiger partial charge in [0.05, 0.1) is 29.2 Å². The van der Waals surface area contributed by atoms with E-state index in [9.17, 15) is 0 Å². The molecule has 0 bridgehead atoms. The van der Waals surface area contributed by atoms with Crippen molar-refractivity contribution in [2.24, 2.45) is 0 Å². The molecule has 0 fully saturated rings. The van der Waals surface area contributed by atoms with E-state index >= 15 is 0 Å². The smallest absolute Gasteiger partial charge is 0.161 e. The first kappa shape index (κ1) is 12.2. The van der Waals surface area contributed by atoms with E-state index in [0.29, 0.717) is 17.3 Å². The third-order valence-electron chi connectivity index (χ3n) is 3.11. The van der Waals surface area contributed by atoms with Gasteiger partial charge in [0.1, 0.15) is 5.82 Å². The van der Waals surface area contributed by atoms with E-state index in [0.717, 1.165) is 16.6 Å². The van der Waals surface area contributed by atoms with Gasteiger partial charge >= 0.3 is 0 Å². The SMILES string of the molecule is Cc1cnc(-n2c(CC#N)nc3ccccc32)c(N)c1. The zero-order chi connectivity index (χ0) is 14.1. The third kappa shape index (κ3) is 1.88. The highest BCUT2D eigenvalue weighted by Gasteiger charge is 2.14. The number of pyridine rings is 1. The molecule has 1 aromatic carbocycles. The maximum absolute atomic E-state index is 8.97. The standard InChI is InChI=1S/C15H13N5/c1-10-8-11(17)15(18-9-10)20-13-5-3-2-4-12(13)19-14(20)6-7-16/h2-5,8-9H,6,17H2,1H3. The van der Waals surface area contributed by atoms with Crippen LogP contribution in [0.5, 0.6) is 0 Å². The molecule has 3 rings (SSSR count). The number of fused-ring (bicyclic) bond motifs is 1. The highest BCUT2D eigenvalue weighted by Crippen LogP contribution is 2.24. The van der Waals surface area contributed by atoms with Crippen molar-refractivity contribution in [1.82, 2.24) is 14.5 Å². The Morgan fingerprint density at radius 1 is 1.35 bits per heavy atom. The first-order chi connectivity index (χ1) is 9.70. The van der Waals surface area contributed by atoms with Gasteiger partial charge in [-0.05, 0) is 30.7 Å². The van der Waals surface area contributed by atoms with Crippen LogP contribution in [0.15, 0.2) is 36.5 Å². The maximum Gasteiger partial charge on any atom is 0.161 e. The van der Waals surface area contributed by atoms with Crippen LogP contribution in [0.1, 0.15) is 11.4 Å². The molecule has 0 aliphatic rings. The monoisotopic (exact) mass is 263 g/mol. The Bertz CT molecular complexity index is 826. The molecule has 2 N–H and O–H groups in total. The zero-order valence-corrected chi connectivity index (χ0v) is 11.0. The number of anilines is 1. The Hall–Kier alpha value is -2.87. The van der Waals surface area contributed by atoms with E-state index in [1.165, 1.54) is 0 Å². The normalized spacial score (nSPS) is 10.6. The van der Waals surface area contributed by atoms with Crippen molar-refractivity contribution in [2.45, 2.75) is 13.3 Å². The van der Waals surface area contributed by atoms with Crippen molar-refractivity contribution in [3.05, 3.63) is 47.9 Å². The van der Waals surface area contributed by atoms with Gasteiger partial charge in [-0.1, -0.05) is 12.1 Å².